The van der Waals surface area contributed by atoms with Crippen molar-refractivity contribution in [2.24, 2.45) is 4.99 Å². The maximum Gasteiger partial charge on any atom is 0.191 e. The molecule has 0 aromatic carbocycles. The summed E-state index contributed by atoms with van der Waals surface area (Å²) in [5.41, 5.74) is 0.240. The smallest absolute Gasteiger partial charge is 0.191 e. The van der Waals surface area contributed by atoms with Crippen LogP contribution in [0.25, 0.3) is 0 Å². The molecule has 0 radical (unpaired) electrons. The third-order valence-electron chi connectivity index (χ3n) is 5.18. The largest absolute Gasteiger partial charge is 0.382 e. The molecule has 1 aliphatic rings. The van der Waals surface area contributed by atoms with Gasteiger partial charge in [-0.05, 0) is 44.1 Å². The predicted molar refractivity (Wildman–Crippen MR) is 115 cm³/mol. The Morgan fingerprint density at radius 2 is 2.00 bits per heavy atom. The molecule has 27 heavy (non-hydrogen) atoms. The third kappa shape index (κ3) is 7.80. The summed E-state index contributed by atoms with van der Waals surface area (Å²) in [4.78, 5) is 6.49. The van der Waals surface area contributed by atoms with E-state index in [0.29, 0.717) is 13.2 Å². The number of ether oxygens (including phenoxy) is 2. The molecule has 1 aromatic heterocycles. The lowest BCUT2D eigenvalue weighted by molar-refractivity contribution is 0.0689. The highest BCUT2D eigenvalue weighted by molar-refractivity contribution is 7.10. The number of nitrogens with one attached hydrogen (secondary N) is 2. The minimum atomic E-state index is 0.240. The highest BCUT2D eigenvalue weighted by atomic mass is 32.1. The second-order valence-corrected chi connectivity index (χ2v) is 8.20. The number of unbranched alkanes of at least 4 members (excludes halogenated alkanes) is 1. The zero-order valence-corrected chi connectivity index (χ0v) is 17.9. The van der Waals surface area contributed by atoms with Crippen LogP contribution >= 0.6 is 11.3 Å². The first kappa shape index (κ1) is 22.2. The fraction of sp³-hybridized carbons (Fsp3) is 0.762. The van der Waals surface area contributed by atoms with Crippen molar-refractivity contribution in [1.82, 2.24) is 10.6 Å². The summed E-state index contributed by atoms with van der Waals surface area (Å²) in [6.07, 6.45) is 8.65. The van der Waals surface area contributed by atoms with Crippen LogP contribution in [-0.4, -0.2) is 52.5 Å². The Morgan fingerprint density at radius 1 is 1.15 bits per heavy atom. The van der Waals surface area contributed by atoms with Gasteiger partial charge in [0.15, 0.2) is 5.96 Å². The van der Waals surface area contributed by atoms with E-state index in [-0.39, 0.29) is 5.41 Å². The minimum absolute atomic E-state index is 0.240. The number of aliphatic imine (C=N–C) groups is 1. The van der Waals surface area contributed by atoms with Crippen molar-refractivity contribution in [2.75, 3.05) is 46.6 Å². The summed E-state index contributed by atoms with van der Waals surface area (Å²) in [6.45, 7) is 6.95. The highest BCUT2D eigenvalue weighted by Gasteiger charge is 2.34. The standard InChI is InChI=1S/C21H37N3O2S/c1-3-22-20(23-13-7-8-14-26-16-15-25-2)24-18-21(11-5-4-6-12-21)19-10-9-17-27-19/h9-10,17H,3-8,11-16,18H2,1-2H3,(H2,22,23,24). The summed E-state index contributed by atoms with van der Waals surface area (Å²) >= 11 is 1.89. The SMILES string of the molecule is CCNC(=NCC1(c2cccs2)CCCCC1)NCCCCOCCOC. The van der Waals surface area contributed by atoms with Gasteiger partial charge in [-0.1, -0.05) is 25.3 Å². The molecule has 0 amide bonds. The zero-order chi connectivity index (χ0) is 19.2. The summed E-state index contributed by atoms with van der Waals surface area (Å²) in [5.74, 6) is 0.944. The molecule has 5 nitrogen and oxygen atoms in total. The Bertz CT molecular complexity index is 514. The van der Waals surface area contributed by atoms with Crippen LogP contribution in [-0.2, 0) is 14.9 Å². The van der Waals surface area contributed by atoms with Crippen molar-refractivity contribution in [3.8, 4) is 0 Å². The van der Waals surface area contributed by atoms with Crippen LogP contribution in [0.5, 0.6) is 0 Å². The van der Waals surface area contributed by atoms with Gasteiger partial charge in [-0.3, -0.25) is 4.99 Å². The Balaban J connectivity index is 1.80. The molecule has 1 aromatic rings. The number of thiophene rings is 1. The van der Waals surface area contributed by atoms with Crippen LogP contribution < -0.4 is 10.6 Å². The van der Waals surface area contributed by atoms with E-state index in [0.717, 1.165) is 45.0 Å². The number of guanidine groups is 1. The van der Waals surface area contributed by atoms with E-state index in [1.807, 2.05) is 11.3 Å². The topological polar surface area (TPSA) is 54.9 Å². The lowest BCUT2D eigenvalue weighted by Gasteiger charge is -2.35. The first-order chi connectivity index (χ1) is 13.3. The quantitative estimate of drug-likeness (QED) is 0.320. The van der Waals surface area contributed by atoms with Gasteiger partial charge >= 0.3 is 0 Å². The third-order valence-corrected chi connectivity index (χ3v) is 6.29. The Kier molecular flexibility index (Phi) is 10.8. The maximum absolute atomic E-state index is 5.51. The fourth-order valence-electron chi connectivity index (χ4n) is 3.64. The van der Waals surface area contributed by atoms with Gasteiger partial charge in [-0.25, -0.2) is 0 Å². The van der Waals surface area contributed by atoms with Crippen LogP contribution in [0.1, 0.15) is 56.7 Å². The molecule has 1 aliphatic carbocycles. The number of methoxy groups -OCH3 is 1. The molecular weight excluding hydrogens is 358 g/mol. The zero-order valence-electron chi connectivity index (χ0n) is 17.1. The molecule has 154 valence electrons. The molecule has 0 atom stereocenters. The average Bonchev–Trinajstić information content (AvgIpc) is 3.24. The van der Waals surface area contributed by atoms with Crippen molar-refractivity contribution >= 4 is 17.3 Å². The van der Waals surface area contributed by atoms with Crippen LogP contribution in [0.15, 0.2) is 22.5 Å². The van der Waals surface area contributed by atoms with Gasteiger partial charge in [0.1, 0.15) is 0 Å². The predicted octanol–water partition coefficient (Wildman–Crippen LogP) is 3.95. The molecular formula is C21H37N3O2S. The summed E-state index contributed by atoms with van der Waals surface area (Å²) in [7, 11) is 1.70. The summed E-state index contributed by atoms with van der Waals surface area (Å²) in [5, 5.41) is 9.09. The Hall–Kier alpha value is -1.11. The van der Waals surface area contributed by atoms with Crippen molar-refractivity contribution < 1.29 is 9.47 Å². The molecule has 0 unspecified atom stereocenters. The van der Waals surface area contributed by atoms with E-state index in [4.69, 9.17) is 14.5 Å². The van der Waals surface area contributed by atoms with E-state index in [9.17, 15) is 0 Å². The highest BCUT2D eigenvalue weighted by Crippen LogP contribution is 2.41. The first-order valence-electron chi connectivity index (χ1n) is 10.4. The molecule has 0 spiro atoms. The Labute approximate surface area is 168 Å². The van der Waals surface area contributed by atoms with Gasteiger partial charge in [-0.15, -0.1) is 11.3 Å². The Morgan fingerprint density at radius 3 is 2.70 bits per heavy atom. The van der Waals surface area contributed by atoms with Gasteiger partial charge in [0.2, 0.25) is 0 Å². The van der Waals surface area contributed by atoms with Crippen LogP contribution in [0.4, 0.5) is 0 Å². The van der Waals surface area contributed by atoms with E-state index in [1.165, 1.54) is 37.0 Å². The lowest BCUT2D eigenvalue weighted by Crippen LogP contribution is -2.40. The normalized spacial score (nSPS) is 17.0. The minimum Gasteiger partial charge on any atom is -0.382 e. The summed E-state index contributed by atoms with van der Waals surface area (Å²) in [6, 6.07) is 4.48. The van der Waals surface area contributed by atoms with E-state index in [2.05, 4.69) is 35.1 Å². The molecule has 1 fully saturated rings. The second kappa shape index (κ2) is 13.1. The first-order valence-corrected chi connectivity index (χ1v) is 11.3. The fourth-order valence-corrected chi connectivity index (χ4v) is 4.62. The lowest BCUT2D eigenvalue weighted by atomic mass is 9.73. The molecule has 6 heteroatoms. The van der Waals surface area contributed by atoms with Crippen molar-refractivity contribution in [3.63, 3.8) is 0 Å². The monoisotopic (exact) mass is 395 g/mol. The van der Waals surface area contributed by atoms with Crippen molar-refractivity contribution in [1.29, 1.82) is 0 Å². The van der Waals surface area contributed by atoms with Crippen LogP contribution in [0.3, 0.4) is 0 Å². The van der Waals surface area contributed by atoms with E-state index >= 15 is 0 Å². The van der Waals surface area contributed by atoms with Gasteiger partial charge in [0.05, 0.1) is 19.8 Å². The number of nitrogens with zero attached hydrogens (tertiary/aromatic N) is 1. The van der Waals surface area contributed by atoms with Crippen LogP contribution in [0, 0.1) is 0 Å². The maximum atomic E-state index is 5.51. The molecule has 1 saturated carbocycles. The van der Waals surface area contributed by atoms with Gasteiger partial charge < -0.3 is 20.1 Å². The van der Waals surface area contributed by atoms with Crippen molar-refractivity contribution in [3.05, 3.63) is 22.4 Å². The molecule has 0 bridgehead atoms. The number of rotatable bonds is 12. The number of hydrogen-bond acceptors (Lipinski definition) is 4. The molecule has 1 heterocycles. The van der Waals surface area contributed by atoms with Crippen molar-refractivity contribution in [2.45, 2.75) is 57.3 Å². The molecule has 2 N–H and O–H groups in total. The number of hydrogen-bond donors (Lipinski definition) is 2. The van der Waals surface area contributed by atoms with Gasteiger partial charge in [0, 0.05) is 37.1 Å². The van der Waals surface area contributed by atoms with E-state index < -0.39 is 0 Å². The average molecular weight is 396 g/mol. The molecule has 2 rings (SSSR count). The molecule has 0 aliphatic heterocycles. The van der Waals surface area contributed by atoms with Crippen LogP contribution in [0.2, 0.25) is 0 Å². The summed E-state index contributed by atoms with van der Waals surface area (Å²) < 4.78 is 10.5. The second-order valence-electron chi connectivity index (χ2n) is 7.25. The van der Waals surface area contributed by atoms with Gasteiger partial charge in [-0.2, -0.15) is 0 Å². The van der Waals surface area contributed by atoms with Gasteiger partial charge in [0.25, 0.3) is 0 Å². The van der Waals surface area contributed by atoms with E-state index in [1.54, 1.807) is 7.11 Å². The molecule has 0 saturated heterocycles.